The van der Waals surface area contributed by atoms with Crippen LogP contribution in [0.15, 0.2) is 42.0 Å². The molecule has 25 heavy (non-hydrogen) atoms. The van der Waals surface area contributed by atoms with E-state index in [1.807, 2.05) is 0 Å². The molecule has 4 heteroatoms. The average molecular weight is 344 g/mol. The summed E-state index contributed by atoms with van der Waals surface area (Å²) in [5.41, 5.74) is 2.42. The maximum Gasteiger partial charge on any atom is 0.0447 e. The molecule has 1 aromatic carbocycles. The van der Waals surface area contributed by atoms with Crippen molar-refractivity contribution in [1.82, 2.24) is 9.96 Å². The molecule has 0 aliphatic carbocycles. The molecule has 2 saturated heterocycles. The fourth-order valence-corrected chi connectivity index (χ4v) is 4.37. The van der Waals surface area contributed by atoms with Gasteiger partial charge >= 0.3 is 0 Å². The van der Waals surface area contributed by atoms with E-state index in [2.05, 4.69) is 73.9 Å². The molecule has 0 atom stereocenters. The van der Waals surface area contributed by atoms with E-state index in [0.29, 0.717) is 0 Å². The first-order chi connectivity index (χ1) is 11.8. The van der Waals surface area contributed by atoms with Gasteiger partial charge in [-0.05, 0) is 52.7 Å². The Morgan fingerprint density at radius 3 is 2.04 bits per heavy atom. The van der Waals surface area contributed by atoms with Crippen LogP contribution in [0.3, 0.4) is 0 Å². The smallest absolute Gasteiger partial charge is 0.0447 e. The van der Waals surface area contributed by atoms with Crippen molar-refractivity contribution in [2.45, 2.75) is 51.6 Å². The first-order valence-corrected chi connectivity index (χ1v) is 9.47. The molecule has 2 fully saturated rings. The molecular weight excluding hydrogens is 310 g/mol. The summed E-state index contributed by atoms with van der Waals surface area (Å²) >= 11 is 0. The summed E-state index contributed by atoms with van der Waals surface area (Å²) in [4.78, 5) is 5.01. The molecular formula is C21H33N3O. The average Bonchev–Trinajstić information content (AvgIpc) is 2.59. The van der Waals surface area contributed by atoms with Gasteiger partial charge in [0.2, 0.25) is 0 Å². The maximum atomic E-state index is 10.4. The number of hydroxylamine groups is 2. The molecule has 0 spiro atoms. The Morgan fingerprint density at radius 2 is 1.48 bits per heavy atom. The Kier molecular flexibility index (Phi) is 5.24. The van der Waals surface area contributed by atoms with Gasteiger partial charge in [0.05, 0.1) is 0 Å². The Balaban J connectivity index is 1.55. The number of anilines is 1. The molecule has 4 nitrogen and oxygen atoms in total. The van der Waals surface area contributed by atoms with Crippen molar-refractivity contribution in [3.05, 3.63) is 42.0 Å². The second-order valence-electron chi connectivity index (χ2n) is 8.78. The molecule has 0 saturated carbocycles. The zero-order chi connectivity index (χ0) is 18.1. The Bertz CT molecular complexity index is 581. The molecule has 2 heterocycles. The number of hydrogen-bond donors (Lipinski definition) is 1. The molecule has 3 rings (SSSR count). The van der Waals surface area contributed by atoms with E-state index < -0.39 is 0 Å². The van der Waals surface area contributed by atoms with Crippen molar-refractivity contribution in [2.24, 2.45) is 0 Å². The van der Waals surface area contributed by atoms with Crippen molar-refractivity contribution >= 4 is 5.69 Å². The molecule has 2 aliphatic heterocycles. The summed E-state index contributed by atoms with van der Waals surface area (Å²) in [5, 5.41) is 12.0. The van der Waals surface area contributed by atoms with E-state index in [1.165, 1.54) is 11.3 Å². The lowest BCUT2D eigenvalue weighted by Crippen LogP contribution is -2.57. The van der Waals surface area contributed by atoms with Gasteiger partial charge in [-0.1, -0.05) is 29.8 Å². The maximum absolute atomic E-state index is 10.4. The van der Waals surface area contributed by atoms with E-state index in [4.69, 9.17) is 0 Å². The van der Waals surface area contributed by atoms with Gasteiger partial charge in [0.1, 0.15) is 0 Å². The summed E-state index contributed by atoms with van der Waals surface area (Å²) in [6.45, 7) is 13.9. The third-order valence-electron chi connectivity index (χ3n) is 5.60. The molecule has 138 valence electrons. The molecule has 0 bridgehead atoms. The third kappa shape index (κ3) is 4.25. The van der Waals surface area contributed by atoms with Crippen LogP contribution in [0.1, 0.15) is 40.5 Å². The first-order valence-electron chi connectivity index (χ1n) is 9.47. The van der Waals surface area contributed by atoms with Gasteiger partial charge in [-0.25, -0.2) is 0 Å². The third-order valence-corrected chi connectivity index (χ3v) is 5.60. The van der Waals surface area contributed by atoms with Crippen LogP contribution in [-0.4, -0.2) is 59.0 Å². The lowest BCUT2D eigenvalue weighted by atomic mass is 9.78. The van der Waals surface area contributed by atoms with Gasteiger partial charge in [-0.15, -0.1) is 0 Å². The van der Waals surface area contributed by atoms with Crippen LogP contribution in [0.25, 0.3) is 0 Å². The fourth-order valence-electron chi connectivity index (χ4n) is 4.37. The monoisotopic (exact) mass is 343 g/mol. The minimum absolute atomic E-state index is 0.195. The molecule has 1 N–H and O–H groups in total. The van der Waals surface area contributed by atoms with Crippen molar-refractivity contribution in [3.63, 3.8) is 0 Å². The number of nitrogens with zero attached hydrogens (tertiary/aromatic N) is 3. The lowest BCUT2D eigenvalue weighted by Gasteiger charge is -2.49. The van der Waals surface area contributed by atoms with Crippen LogP contribution in [0.5, 0.6) is 0 Å². The number of piperidine rings is 1. The van der Waals surface area contributed by atoms with Crippen LogP contribution < -0.4 is 4.90 Å². The molecule has 0 aromatic heterocycles. The van der Waals surface area contributed by atoms with Gasteiger partial charge in [0.25, 0.3) is 0 Å². The zero-order valence-corrected chi connectivity index (χ0v) is 16.2. The predicted molar refractivity (Wildman–Crippen MR) is 104 cm³/mol. The van der Waals surface area contributed by atoms with E-state index in [1.54, 1.807) is 5.06 Å². The number of benzene rings is 1. The second kappa shape index (κ2) is 7.10. The minimum atomic E-state index is -0.195. The van der Waals surface area contributed by atoms with Crippen LogP contribution >= 0.6 is 0 Å². The summed E-state index contributed by atoms with van der Waals surface area (Å²) in [6.07, 6.45) is 4.29. The standard InChI is InChI=1S/C21H33N3O/c1-20(2)16-18(17-21(3,4)24(20)25)10-11-22-12-14-23(15-13-22)19-8-6-5-7-9-19/h5-10,25H,11-17H2,1-4H3. The molecule has 0 radical (unpaired) electrons. The van der Waals surface area contributed by atoms with Crippen LogP contribution in [0.2, 0.25) is 0 Å². The van der Waals surface area contributed by atoms with Gasteiger partial charge in [-0.2, -0.15) is 5.06 Å². The van der Waals surface area contributed by atoms with Crippen molar-refractivity contribution in [3.8, 4) is 0 Å². The highest BCUT2D eigenvalue weighted by Gasteiger charge is 2.42. The molecule has 0 unspecified atom stereocenters. The Morgan fingerprint density at radius 1 is 0.920 bits per heavy atom. The molecule has 1 aromatic rings. The second-order valence-corrected chi connectivity index (χ2v) is 8.78. The summed E-state index contributed by atoms with van der Waals surface area (Å²) in [6, 6.07) is 10.7. The van der Waals surface area contributed by atoms with Crippen molar-refractivity contribution in [2.75, 3.05) is 37.6 Å². The fraction of sp³-hybridized carbons (Fsp3) is 0.619. The normalized spacial score (nSPS) is 24.4. The highest BCUT2D eigenvalue weighted by Crippen LogP contribution is 2.39. The minimum Gasteiger partial charge on any atom is -0.369 e. The number of hydrogen-bond acceptors (Lipinski definition) is 4. The highest BCUT2D eigenvalue weighted by molar-refractivity contribution is 5.46. The van der Waals surface area contributed by atoms with Crippen LogP contribution in [-0.2, 0) is 0 Å². The number of para-hydroxylation sites is 1. The number of piperazine rings is 1. The van der Waals surface area contributed by atoms with Crippen LogP contribution in [0.4, 0.5) is 5.69 Å². The van der Waals surface area contributed by atoms with Crippen molar-refractivity contribution < 1.29 is 5.21 Å². The summed E-state index contributed by atoms with van der Waals surface area (Å²) in [5.74, 6) is 0. The predicted octanol–water partition coefficient (Wildman–Crippen LogP) is 3.78. The molecule has 2 aliphatic rings. The van der Waals surface area contributed by atoms with E-state index >= 15 is 0 Å². The van der Waals surface area contributed by atoms with Gasteiger partial charge in [0, 0.05) is 49.5 Å². The SMILES string of the molecule is CC1(C)CC(=CCN2CCN(c3ccccc3)CC2)CC(C)(C)N1O. The van der Waals surface area contributed by atoms with Crippen LogP contribution in [0, 0.1) is 0 Å². The zero-order valence-electron chi connectivity index (χ0n) is 16.2. The van der Waals surface area contributed by atoms with Crippen molar-refractivity contribution in [1.29, 1.82) is 0 Å². The van der Waals surface area contributed by atoms with E-state index in [0.717, 1.165) is 45.6 Å². The van der Waals surface area contributed by atoms with Gasteiger partial charge < -0.3 is 10.1 Å². The highest BCUT2D eigenvalue weighted by atomic mass is 16.5. The number of rotatable bonds is 3. The Hall–Kier alpha value is -1.36. The Labute approximate surface area is 152 Å². The van der Waals surface area contributed by atoms with Gasteiger partial charge in [-0.3, -0.25) is 4.90 Å². The first kappa shape index (κ1) is 18.4. The van der Waals surface area contributed by atoms with Gasteiger partial charge in [0.15, 0.2) is 0 Å². The summed E-state index contributed by atoms with van der Waals surface area (Å²) in [7, 11) is 0. The lowest BCUT2D eigenvalue weighted by molar-refractivity contribution is -0.232. The quantitative estimate of drug-likeness (QED) is 0.846. The summed E-state index contributed by atoms with van der Waals surface area (Å²) < 4.78 is 0. The largest absolute Gasteiger partial charge is 0.369 e. The van der Waals surface area contributed by atoms with E-state index in [-0.39, 0.29) is 11.1 Å². The molecule has 0 amide bonds. The van der Waals surface area contributed by atoms with E-state index in [9.17, 15) is 5.21 Å². The topological polar surface area (TPSA) is 30.0 Å².